The molecule has 37 heavy (non-hydrogen) atoms. The average Bonchev–Trinajstić information content (AvgIpc) is 3.34. The number of hydrogen-bond acceptors (Lipinski definition) is 8. The molecule has 1 aliphatic heterocycles. The second kappa shape index (κ2) is 11.7. The highest BCUT2D eigenvalue weighted by Gasteiger charge is 2.19. The Hall–Kier alpha value is -3.56. The predicted octanol–water partition coefficient (Wildman–Crippen LogP) is 6.66. The Morgan fingerprint density at radius 1 is 1.08 bits per heavy atom. The van der Waals surface area contributed by atoms with Crippen LogP contribution >= 0.6 is 23.4 Å². The van der Waals surface area contributed by atoms with Crippen LogP contribution in [0.15, 0.2) is 72.0 Å². The fraction of sp³-hybridized carbons (Fsp3) is 0.222. The van der Waals surface area contributed by atoms with E-state index in [9.17, 15) is 4.39 Å². The van der Waals surface area contributed by atoms with Crippen LogP contribution < -0.4 is 15.4 Å². The van der Waals surface area contributed by atoms with Gasteiger partial charge >= 0.3 is 0 Å². The van der Waals surface area contributed by atoms with Crippen LogP contribution in [0.25, 0.3) is 10.9 Å². The molecular weight excluding hydrogens is 513 g/mol. The SMILES string of the molecule is CSCC[C@H]1COC(Nc2ccc3ncnc(Nc4ccc(OCc5cccc(F)c5)c(Cl)c4)c3c2)=N1. The molecule has 0 radical (unpaired) electrons. The molecule has 3 aromatic carbocycles. The zero-order valence-corrected chi connectivity index (χ0v) is 21.7. The zero-order chi connectivity index (χ0) is 25.6. The van der Waals surface area contributed by atoms with E-state index in [4.69, 9.17) is 21.1 Å². The van der Waals surface area contributed by atoms with Gasteiger partial charge in [0, 0.05) is 16.8 Å². The highest BCUT2D eigenvalue weighted by molar-refractivity contribution is 7.98. The Labute approximate surface area is 223 Å². The monoisotopic (exact) mass is 537 g/mol. The molecule has 0 amide bonds. The number of hydrogen-bond donors (Lipinski definition) is 2. The molecule has 1 atom stereocenters. The lowest BCUT2D eigenvalue weighted by atomic mass is 10.2. The third-order valence-electron chi connectivity index (χ3n) is 5.73. The van der Waals surface area contributed by atoms with Crippen molar-refractivity contribution < 1.29 is 13.9 Å². The van der Waals surface area contributed by atoms with Gasteiger partial charge in [0.2, 0.25) is 0 Å². The molecule has 0 aliphatic carbocycles. The summed E-state index contributed by atoms with van der Waals surface area (Å²) in [5, 5.41) is 7.82. The van der Waals surface area contributed by atoms with Crippen LogP contribution in [0.5, 0.6) is 5.75 Å². The van der Waals surface area contributed by atoms with E-state index in [1.54, 1.807) is 36.0 Å². The number of amidine groups is 1. The normalized spacial score (nSPS) is 14.8. The van der Waals surface area contributed by atoms with Gasteiger partial charge in [0.1, 0.15) is 36.9 Å². The Morgan fingerprint density at radius 2 is 1.95 bits per heavy atom. The van der Waals surface area contributed by atoms with Crippen molar-refractivity contribution in [2.24, 2.45) is 4.99 Å². The number of rotatable bonds is 9. The summed E-state index contributed by atoms with van der Waals surface area (Å²) >= 11 is 8.27. The number of halogens is 2. The van der Waals surface area contributed by atoms with Crippen LogP contribution in [-0.2, 0) is 11.3 Å². The van der Waals surface area contributed by atoms with Gasteiger partial charge in [-0.3, -0.25) is 0 Å². The van der Waals surface area contributed by atoms with E-state index in [1.165, 1.54) is 18.5 Å². The molecule has 5 rings (SSSR count). The highest BCUT2D eigenvalue weighted by Crippen LogP contribution is 2.31. The van der Waals surface area contributed by atoms with Crippen LogP contribution in [0, 0.1) is 5.82 Å². The van der Waals surface area contributed by atoms with Gasteiger partial charge in [-0.1, -0.05) is 23.7 Å². The van der Waals surface area contributed by atoms with Crippen LogP contribution in [0.4, 0.5) is 21.6 Å². The van der Waals surface area contributed by atoms with E-state index in [0.29, 0.717) is 29.2 Å². The van der Waals surface area contributed by atoms with Crippen molar-refractivity contribution in [1.82, 2.24) is 9.97 Å². The third kappa shape index (κ3) is 6.42. The fourth-order valence-electron chi connectivity index (χ4n) is 3.86. The number of ether oxygens (including phenoxy) is 2. The summed E-state index contributed by atoms with van der Waals surface area (Å²) in [6.45, 7) is 0.805. The topological polar surface area (TPSA) is 80.7 Å². The van der Waals surface area contributed by atoms with E-state index in [-0.39, 0.29) is 18.5 Å². The summed E-state index contributed by atoms with van der Waals surface area (Å²) in [5.41, 5.74) is 3.08. The van der Waals surface area contributed by atoms with Gasteiger partial charge in [0.15, 0.2) is 0 Å². The minimum absolute atomic E-state index is 0.182. The molecule has 0 spiro atoms. The van der Waals surface area contributed by atoms with Gasteiger partial charge in [-0.2, -0.15) is 11.8 Å². The number of aromatic nitrogens is 2. The Kier molecular flexibility index (Phi) is 7.91. The third-order valence-corrected chi connectivity index (χ3v) is 6.67. The lowest BCUT2D eigenvalue weighted by molar-refractivity contribution is 0.306. The molecule has 0 unspecified atom stereocenters. The zero-order valence-electron chi connectivity index (χ0n) is 20.1. The molecular formula is C27H25ClFN5O2S. The number of anilines is 3. The first-order valence-corrected chi connectivity index (χ1v) is 13.5. The van der Waals surface area contributed by atoms with Gasteiger partial charge in [0.25, 0.3) is 6.02 Å². The summed E-state index contributed by atoms with van der Waals surface area (Å²) < 4.78 is 24.9. The lowest BCUT2D eigenvalue weighted by Gasteiger charge is -2.13. The van der Waals surface area contributed by atoms with E-state index in [1.807, 2.05) is 24.3 Å². The maximum atomic E-state index is 13.4. The molecule has 0 saturated heterocycles. The number of nitrogens with one attached hydrogen (secondary N) is 2. The number of fused-ring (bicyclic) bond motifs is 1. The van der Waals surface area contributed by atoms with Crippen molar-refractivity contribution >= 4 is 57.5 Å². The summed E-state index contributed by atoms with van der Waals surface area (Å²) in [7, 11) is 0. The first kappa shape index (κ1) is 25.1. The second-order valence-electron chi connectivity index (χ2n) is 8.45. The summed E-state index contributed by atoms with van der Waals surface area (Å²) in [5.74, 6) is 1.88. The van der Waals surface area contributed by atoms with Crippen molar-refractivity contribution in [2.75, 3.05) is 29.2 Å². The Bertz CT molecular complexity index is 1440. The smallest absolute Gasteiger partial charge is 0.289 e. The molecule has 0 fully saturated rings. The Morgan fingerprint density at radius 3 is 2.78 bits per heavy atom. The Balaban J connectivity index is 1.29. The van der Waals surface area contributed by atoms with Crippen molar-refractivity contribution in [3.05, 3.63) is 83.4 Å². The molecule has 0 saturated carbocycles. The van der Waals surface area contributed by atoms with Crippen LogP contribution in [0.2, 0.25) is 5.02 Å². The number of nitrogens with zero attached hydrogens (tertiary/aromatic N) is 3. The second-order valence-corrected chi connectivity index (χ2v) is 9.84. The van der Waals surface area contributed by atoms with Gasteiger partial charge in [-0.15, -0.1) is 0 Å². The van der Waals surface area contributed by atoms with E-state index in [2.05, 4.69) is 31.8 Å². The maximum Gasteiger partial charge on any atom is 0.289 e. The summed E-state index contributed by atoms with van der Waals surface area (Å²) in [6.07, 6.45) is 4.59. The number of benzene rings is 3. The molecule has 1 aliphatic rings. The average molecular weight is 538 g/mol. The minimum Gasteiger partial charge on any atom is -0.487 e. The van der Waals surface area contributed by atoms with Crippen LogP contribution in [0.3, 0.4) is 0 Å². The molecule has 1 aromatic heterocycles. The van der Waals surface area contributed by atoms with Crippen LogP contribution in [0.1, 0.15) is 12.0 Å². The van der Waals surface area contributed by atoms with Crippen molar-refractivity contribution in [2.45, 2.75) is 19.1 Å². The van der Waals surface area contributed by atoms with Crippen LogP contribution in [-0.4, -0.2) is 40.6 Å². The van der Waals surface area contributed by atoms with Gasteiger partial charge in [-0.25, -0.2) is 19.4 Å². The quantitative estimate of drug-likeness (QED) is 0.247. The standard InChI is InChI=1S/C27H25ClFN5O2S/c1-37-10-9-21-15-36-27(34-21)33-19-5-7-24-22(12-19)26(31-16-30-24)32-20-6-8-25(23(28)13-20)35-14-17-3-2-4-18(29)11-17/h2-8,11-13,16,21H,9-10,14-15H2,1H3,(H,33,34)(H,30,31,32)/t21-/m0/s1. The van der Waals surface area contributed by atoms with Gasteiger partial charge in [0.05, 0.1) is 16.6 Å². The van der Waals surface area contributed by atoms with Crippen molar-refractivity contribution in [3.63, 3.8) is 0 Å². The molecule has 190 valence electrons. The van der Waals surface area contributed by atoms with E-state index < -0.39 is 0 Å². The first-order valence-electron chi connectivity index (χ1n) is 11.7. The fourth-order valence-corrected chi connectivity index (χ4v) is 4.61. The molecule has 0 bridgehead atoms. The minimum atomic E-state index is -0.304. The molecule has 10 heteroatoms. The number of thioether (sulfide) groups is 1. The molecule has 2 heterocycles. The summed E-state index contributed by atoms with van der Waals surface area (Å²) in [6, 6.07) is 18.2. The van der Waals surface area contributed by atoms with E-state index >= 15 is 0 Å². The predicted molar refractivity (Wildman–Crippen MR) is 149 cm³/mol. The lowest BCUT2D eigenvalue weighted by Crippen LogP contribution is -2.11. The van der Waals surface area contributed by atoms with Crippen molar-refractivity contribution in [1.29, 1.82) is 0 Å². The first-order chi connectivity index (χ1) is 18.1. The molecule has 4 aromatic rings. The van der Waals surface area contributed by atoms with Gasteiger partial charge < -0.3 is 20.1 Å². The van der Waals surface area contributed by atoms with Gasteiger partial charge in [-0.05, 0) is 72.5 Å². The van der Waals surface area contributed by atoms with E-state index in [0.717, 1.165) is 40.0 Å². The van der Waals surface area contributed by atoms with Crippen molar-refractivity contribution in [3.8, 4) is 5.75 Å². The molecule has 7 nitrogen and oxygen atoms in total. The summed E-state index contributed by atoms with van der Waals surface area (Å²) in [4.78, 5) is 13.4. The highest BCUT2D eigenvalue weighted by atomic mass is 35.5. The largest absolute Gasteiger partial charge is 0.487 e. The molecule has 2 N–H and O–H groups in total. The maximum absolute atomic E-state index is 13.4. The number of aliphatic imine (C=N–C) groups is 1.